The first-order valence-electron chi connectivity index (χ1n) is 5.25. The quantitative estimate of drug-likeness (QED) is 0.852. The number of carboxylic acid groups (broad SMARTS) is 1. The van der Waals surface area contributed by atoms with Crippen molar-refractivity contribution in [2.45, 2.75) is 19.1 Å². The first kappa shape index (κ1) is 14.4. The van der Waals surface area contributed by atoms with Gasteiger partial charge in [-0.05, 0) is 24.6 Å². The van der Waals surface area contributed by atoms with Crippen LogP contribution in [-0.2, 0) is 4.79 Å². The molecule has 1 aromatic heterocycles. The lowest BCUT2D eigenvalue weighted by Crippen LogP contribution is -2.39. The average Bonchev–Trinajstić information content (AvgIpc) is 2.28. The predicted molar refractivity (Wildman–Crippen MR) is 57.8 cm³/mol. The number of pyridine rings is 1. The Bertz CT molecular complexity index is 395. The summed E-state index contributed by atoms with van der Waals surface area (Å²) in [4.78, 5) is 14.3. The van der Waals surface area contributed by atoms with E-state index < -0.39 is 24.6 Å². The standard InChI is InChI=1S/C11H13F3N2O2/c1-7(8-2-4-15-5-3-8)16-6-9(10(17)18)11(12,13)14/h2-5,7,9,16H,6H2,1H3,(H,17,18). The number of hydrogen-bond acceptors (Lipinski definition) is 3. The molecule has 0 saturated carbocycles. The Hall–Kier alpha value is -1.63. The lowest BCUT2D eigenvalue weighted by atomic mass is 10.1. The maximum absolute atomic E-state index is 12.4. The lowest BCUT2D eigenvalue weighted by molar-refractivity contribution is -0.192. The first-order valence-corrected chi connectivity index (χ1v) is 5.25. The predicted octanol–water partition coefficient (Wildman–Crippen LogP) is 2.00. The highest BCUT2D eigenvalue weighted by Crippen LogP contribution is 2.26. The molecule has 1 aromatic rings. The van der Waals surface area contributed by atoms with Crippen LogP contribution in [-0.4, -0.2) is 28.8 Å². The van der Waals surface area contributed by atoms with Crippen molar-refractivity contribution in [2.24, 2.45) is 5.92 Å². The molecule has 0 fully saturated rings. The zero-order valence-electron chi connectivity index (χ0n) is 9.61. The van der Waals surface area contributed by atoms with Crippen molar-refractivity contribution in [1.82, 2.24) is 10.3 Å². The van der Waals surface area contributed by atoms with E-state index in [1.807, 2.05) is 0 Å². The molecule has 0 aliphatic rings. The maximum atomic E-state index is 12.4. The van der Waals surface area contributed by atoms with E-state index in [0.29, 0.717) is 0 Å². The summed E-state index contributed by atoms with van der Waals surface area (Å²) < 4.78 is 37.2. The first-order chi connectivity index (χ1) is 8.32. The van der Waals surface area contributed by atoms with E-state index in [2.05, 4.69) is 10.3 Å². The van der Waals surface area contributed by atoms with E-state index in [0.717, 1.165) is 5.56 Å². The van der Waals surface area contributed by atoms with Crippen molar-refractivity contribution in [1.29, 1.82) is 0 Å². The Kier molecular flexibility index (Phi) is 4.66. The fraction of sp³-hybridized carbons (Fsp3) is 0.455. The average molecular weight is 262 g/mol. The fourth-order valence-electron chi connectivity index (χ4n) is 1.41. The van der Waals surface area contributed by atoms with Crippen molar-refractivity contribution in [3.05, 3.63) is 30.1 Å². The summed E-state index contributed by atoms with van der Waals surface area (Å²) >= 11 is 0. The molecule has 7 heteroatoms. The van der Waals surface area contributed by atoms with Crippen LogP contribution >= 0.6 is 0 Å². The van der Waals surface area contributed by atoms with Crippen LogP contribution in [0.3, 0.4) is 0 Å². The van der Waals surface area contributed by atoms with Crippen LogP contribution in [0.25, 0.3) is 0 Å². The van der Waals surface area contributed by atoms with Crippen LogP contribution in [0, 0.1) is 5.92 Å². The van der Waals surface area contributed by atoms with Gasteiger partial charge in [-0.2, -0.15) is 13.2 Å². The number of alkyl halides is 3. The molecule has 1 rings (SSSR count). The van der Waals surface area contributed by atoms with Gasteiger partial charge in [0.1, 0.15) is 0 Å². The number of carboxylic acids is 1. The molecule has 100 valence electrons. The van der Waals surface area contributed by atoms with Crippen LogP contribution in [0.15, 0.2) is 24.5 Å². The highest BCUT2D eigenvalue weighted by molar-refractivity contribution is 5.71. The van der Waals surface area contributed by atoms with Crippen molar-refractivity contribution in [3.63, 3.8) is 0 Å². The Labute approximate surface area is 102 Å². The summed E-state index contributed by atoms with van der Waals surface area (Å²) in [6.07, 6.45) is -1.71. The zero-order valence-corrected chi connectivity index (χ0v) is 9.61. The van der Waals surface area contributed by atoms with Crippen LogP contribution in [0.5, 0.6) is 0 Å². The minimum Gasteiger partial charge on any atom is -0.481 e. The van der Waals surface area contributed by atoms with Crippen molar-refractivity contribution >= 4 is 5.97 Å². The molecule has 0 aromatic carbocycles. The summed E-state index contributed by atoms with van der Waals surface area (Å²) in [5.74, 6) is -4.28. The zero-order chi connectivity index (χ0) is 13.8. The van der Waals surface area contributed by atoms with Crippen molar-refractivity contribution in [3.8, 4) is 0 Å². The Morgan fingerprint density at radius 1 is 1.44 bits per heavy atom. The number of aromatic nitrogens is 1. The second kappa shape index (κ2) is 5.81. The molecule has 0 saturated heterocycles. The Morgan fingerprint density at radius 2 is 2.00 bits per heavy atom. The molecular formula is C11H13F3N2O2. The highest BCUT2D eigenvalue weighted by Gasteiger charge is 2.44. The van der Waals surface area contributed by atoms with Gasteiger partial charge in [0.15, 0.2) is 5.92 Å². The second-order valence-electron chi connectivity index (χ2n) is 3.84. The van der Waals surface area contributed by atoms with Gasteiger partial charge in [-0.3, -0.25) is 9.78 Å². The Balaban J connectivity index is 2.61. The molecule has 0 radical (unpaired) electrons. The molecule has 0 bridgehead atoms. The molecule has 18 heavy (non-hydrogen) atoms. The van der Waals surface area contributed by atoms with Crippen LogP contribution in [0.1, 0.15) is 18.5 Å². The highest BCUT2D eigenvalue weighted by atomic mass is 19.4. The number of hydrogen-bond donors (Lipinski definition) is 2. The van der Waals surface area contributed by atoms with Gasteiger partial charge in [0.2, 0.25) is 0 Å². The van der Waals surface area contributed by atoms with Gasteiger partial charge in [0, 0.05) is 25.0 Å². The van der Waals surface area contributed by atoms with Crippen LogP contribution in [0.4, 0.5) is 13.2 Å². The summed E-state index contributed by atoms with van der Waals surface area (Å²) in [5.41, 5.74) is 0.747. The number of nitrogens with zero attached hydrogens (tertiary/aromatic N) is 1. The molecular weight excluding hydrogens is 249 g/mol. The summed E-state index contributed by atoms with van der Waals surface area (Å²) in [6, 6.07) is 2.93. The largest absolute Gasteiger partial charge is 0.481 e. The van der Waals surface area contributed by atoms with Crippen LogP contribution < -0.4 is 5.32 Å². The van der Waals surface area contributed by atoms with Gasteiger partial charge < -0.3 is 10.4 Å². The minimum absolute atomic E-state index is 0.378. The van der Waals surface area contributed by atoms with Crippen LogP contribution in [0.2, 0.25) is 0 Å². The smallest absolute Gasteiger partial charge is 0.403 e. The van der Waals surface area contributed by atoms with Gasteiger partial charge in [0.05, 0.1) is 0 Å². The topological polar surface area (TPSA) is 62.2 Å². The molecule has 2 unspecified atom stereocenters. The molecule has 2 N–H and O–H groups in total. The summed E-state index contributed by atoms with van der Waals surface area (Å²) in [6.45, 7) is 0.993. The fourth-order valence-corrected chi connectivity index (χ4v) is 1.41. The third-order valence-corrected chi connectivity index (χ3v) is 2.53. The summed E-state index contributed by atoms with van der Waals surface area (Å²) in [5, 5.41) is 11.1. The van der Waals surface area contributed by atoms with Gasteiger partial charge >= 0.3 is 12.1 Å². The van der Waals surface area contributed by atoms with Gasteiger partial charge in [-0.25, -0.2) is 0 Å². The third-order valence-electron chi connectivity index (χ3n) is 2.53. The number of nitrogens with one attached hydrogen (secondary N) is 1. The number of aliphatic carboxylic acids is 1. The minimum atomic E-state index is -4.75. The maximum Gasteiger partial charge on any atom is 0.403 e. The van der Waals surface area contributed by atoms with E-state index in [1.165, 1.54) is 12.4 Å². The number of rotatable bonds is 5. The molecule has 0 aliphatic carbocycles. The van der Waals surface area contributed by atoms with E-state index in [9.17, 15) is 18.0 Å². The van der Waals surface area contributed by atoms with Gasteiger partial charge in [-0.15, -0.1) is 0 Å². The molecule has 0 spiro atoms. The van der Waals surface area contributed by atoms with E-state index in [1.54, 1.807) is 19.1 Å². The molecule has 1 heterocycles. The molecule has 0 amide bonds. The number of halogens is 3. The molecule has 0 aliphatic heterocycles. The van der Waals surface area contributed by atoms with Gasteiger partial charge in [0.25, 0.3) is 0 Å². The number of carbonyl (C=O) groups is 1. The SMILES string of the molecule is CC(NCC(C(=O)O)C(F)(F)F)c1ccncc1. The van der Waals surface area contributed by atoms with E-state index in [-0.39, 0.29) is 6.04 Å². The molecule has 2 atom stereocenters. The lowest BCUT2D eigenvalue weighted by Gasteiger charge is -2.20. The monoisotopic (exact) mass is 262 g/mol. The second-order valence-corrected chi connectivity index (χ2v) is 3.84. The Morgan fingerprint density at radius 3 is 2.44 bits per heavy atom. The summed E-state index contributed by atoms with van der Waals surface area (Å²) in [7, 11) is 0. The normalized spacial score (nSPS) is 15.1. The molecule has 4 nitrogen and oxygen atoms in total. The van der Waals surface area contributed by atoms with Gasteiger partial charge in [-0.1, -0.05) is 0 Å². The van der Waals surface area contributed by atoms with E-state index >= 15 is 0 Å². The van der Waals surface area contributed by atoms with Crippen molar-refractivity contribution < 1.29 is 23.1 Å². The third kappa shape index (κ3) is 3.99. The van der Waals surface area contributed by atoms with E-state index in [4.69, 9.17) is 5.11 Å². The van der Waals surface area contributed by atoms with Crippen molar-refractivity contribution in [2.75, 3.05) is 6.54 Å².